The average molecular weight is 143 g/mol. The van der Waals surface area contributed by atoms with Crippen LogP contribution in [0.1, 0.15) is 0 Å². The zero-order valence-corrected chi connectivity index (χ0v) is 1.22. The molecule has 4 heteroatoms. The van der Waals surface area contributed by atoms with Crippen molar-refractivity contribution in [2.45, 2.75) is 0 Å². The second kappa shape index (κ2) is 15.7. The summed E-state index contributed by atoms with van der Waals surface area (Å²) >= 11 is 0. The maximum absolute atomic E-state index is 0. The molecule has 0 fully saturated rings. The van der Waals surface area contributed by atoms with Crippen molar-refractivity contribution in [1.29, 1.82) is 0 Å². The van der Waals surface area contributed by atoms with Crippen LogP contribution < -0.4 is 0 Å². The molecule has 16 valence electrons. The summed E-state index contributed by atoms with van der Waals surface area (Å²) in [4.78, 5) is 0. The molecule has 0 saturated heterocycles. The molecule has 4 heavy (non-hydrogen) atoms. The molecule has 0 aromatic carbocycles. The van der Waals surface area contributed by atoms with Gasteiger partial charge >= 0.3 is 126 Å². The Morgan fingerprint density at radius 1 is 0.750 bits per heavy atom. The monoisotopic (exact) mass is 142 g/mol. The largest absolute Gasteiger partial charge is 0.316 e. The molecular formula is H5ClK2Mg. The van der Waals surface area contributed by atoms with Crippen molar-refractivity contribution in [2.24, 2.45) is 0 Å². The summed E-state index contributed by atoms with van der Waals surface area (Å²) in [5, 5.41) is 0. The third kappa shape index (κ3) is 9.59. The zero-order chi connectivity index (χ0) is 0. The molecule has 0 aliphatic carbocycles. The number of rotatable bonds is 0. The molecule has 0 aromatic rings. The van der Waals surface area contributed by atoms with Gasteiger partial charge in [0.15, 0.2) is 0 Å². The topological polar surface area (TPSA) is 0 Å². The molecule has 0 aliphatic heterocycles. The normalized spacial score (nSPS) is 0. The van der Waals surface area contributed by atoms with E-state index in [2.05, 4.69) is 0 Å². The fourth-order valence-corrected chi connectivity index (χ4v) is 0. The van der Waals surface area contributed by atoms with Crippen LogP contribution in [0.2, 0.25) is 0 Å². The van der Waals surface area contributed by atoms with E-state index in [0.717, 1.165) is 0 Å². The third-order valence-electron chi connectivity index (χ3n) is 0. The first-order valence-electron chi connectivity index (χ1n) is 0. The van der Waals surface area contributed by atoms with E-state index < -0.39 is 0 Å². The Bertz CT molecular complexity index is 6.00. The minimum atomic E-state index is 0. The molecule has 0 heterocycles. The molecule has 0 bridgehead atoms. The second-order valence-electron chi connectivity index (χ2n) is 0. The van der Waals surface area contributed by atoms with Gasteiger partial charge in [-0.3, -0.25) is 0 Å². The van der Waals surface area contributed by atoms with Crippen LogP contribution >= 0.6 is 12.4 Å². The number of halogens is 1. The molecule has 0 aliphatic rings. The van der Waals surface area contributed by atoms with Gasteiger partial charge in [-0.15, -0.1) is 12.4 Å². The summed E-state index contributed by atoms with van der Waals surface area (Å²) < 4.78 is 0. The summed E-state index contributed by atoms with van der Waals surface area (Å²) in [5.74, 6) is 0. The Morgan fingerprint density at radius 2 is 0.750 bits per heavy atom. The molecule has 0 nitrogen and oxygen atoms in total. The third-order valence-corrected chi connectivity index (χ3v) is 0. The van der Waals surface area contributed by atoms with E-state index in [1.54, 1.807) is 0 Å². The van der Waals surface area contributed by atoms with Crippen LogP contribution in [0.15, 0.2) is 0 Å². The van der Waals surface area contributed by atoms with Gasteiger partial charge in [-0.25, -0.2) is 0 Å². The molecule has 0 N–H and O–H groups in total. The fraction of sp³-hybridized carbons (Fsp3) is 0. The van der Waals surface area contributed by atoms with Gasteiger partial charge in [0.25, 0.3) is 0 Å². The summed E-state index contributed by atoms with van der Waals surface area (Å²) in [7, 11) is 0. The molecular weight excluding hydrogens is 138 g/mol. The predicted octanol–water partition coefficient (Wildman–Crippen LogP) is -1.79. The van der Waals surface area contributed by atoms with Gasteiger partial charge in [-0.2, -0.15) is 0 Å². The van der Waals surface area contributed by atoms with Crippen molar-refractivity contribution in [1.82, 2.24) is 0 Å². The maximum Gasteiger partial charge on any atom is 0.316 e. The average Bonchev–Trinajstić information content (AvgIpc) is 0. The van der Waals surface area contributed by atoms with E-state index in [1.165, 1.54) is 0 Å². The number of hydrogen-bond donors (Lipinski definition) is 0. The Labute approximate surface area is 134 Å². The molecule has 0 rings (SSSR count). The SMILES string of the molecule is Cl.[KH].[KH].[MgH2]. The molecule has 0 aromatic heterocycles. The van der Waals surface area contributed by atoms with E-state index in [1.807, 2.05) is 0 Å². The summed E-state index contributed by atoms with van der Waals surface area (Å²) in [6.45, 7) is 0. The molecule has 0 radical (unpaired) electrons. The quantitative estimate of drug-likeness (QED) is 0.351. The van der Waals surface area contributed by atoms with Gasteiger partial charge in [-0.05, 0) is 0 Å². The van der Waals surface area contributed by atoms with E-state index in [-0.39, 0.29) is 138 Å². The van der Waals surface area contributed by atoms with Gasteiger partial charge in [0.2, 0.25) is 0 Å². The first-order chi connectivity index (χ1) is 0. The van der Waals surface area contributed by atoms with E-state index in [0.29, 0.717) is 0 Å². The van der Waals surface area contributed by atoms with Crippen molar-refractivity contribution in [2.75, 3.05) is 0 Å². The molecule has 0 atom stereocenters. The Hall–Kier alpha value is 4.33. The maximum atomic E-state index is 0. The van der Waals surface area contributed by atoms with Crippen LogP contribution in [0, 0.1) is 0 Å². The van der Waals surface area contributed by atoms with E-state index >= 15 is 0 Å². The summed E-state index contributed by atoms with van der Waals surface area (Å²) in [6.07, 6.45) is 0. The Balaban J connectivity index is 0. The standard InChI is InChI=1S/ClH.2K.Mg.4H/h1H;;;;;;;. The number of hydrogen-bond acceptors (Lipinski definition) is 0. The summed E-state index contributed by atoms with van der Waals surface area (Å²) in [5.41, 5.74) is 0. The van der Waals surface area contributed by atoms with Crippen molar-refractivity contribution in [3.63, 3.8) is 0 Å². The molecule has 0 amide bonds. The van der Waals surface area contributed by atoms with Crippen LogP contribution in [0.25, 0.3) is 0 Å². The van der Waals surface area contributed by atoms with Crippen molar-refractivity contribution in [3.8, 4) is 0 Å². The van der Waals surface area contributed by atoms with Crippen molar-refractivity contribution < 1.29 is 0 Å². The fourth-order valence-electron chi connectivity index (χ4n) is 0. The van der Waals surface area contributed by atoms with Gasteiger partial charge in [-0.1, -0.05) is 0 Å². The van der Waals surface area contributed by atoms with Crippen molar-refractivity contribution in [3.05, 3.63) is 0 Å². The zero-order valence-electron chi connectivity index (χ0n) is 0.408. The second-order valence-corrected chi connectivity index (χ2v) is 0. The van der Waals surface area contributed by atoms with Gasteiger partial charge in [0.05, 0.1) is 0 Å². The minimum Gasteiger partial charge on any atom is 0.316 e. The Morgan fingerprint density at radius 3 is 0.750 bits per heavy atom. The summed E-state index contributed by atoms with van der Waals surface area (Å²) in [6, 6.07) is 0. The van der Waals surface area contributed by atoms with E-state index in [4.69, 9.17) is 0 Å². The first kappa shape index (κ1) is 23.9. The van der Waals surface area contributed by atoms with Gasteiger partial charge in [0.1, 0.15) is 0 Å². The van der Waals surface area contributed by atoms with Crippen LogP contribution in [-0.2, 0) is 0 Å². The van der Waals surface area contributed by atoms with Crippen LogP contribution in [0.4, 0.5) is 0 Å². The predicted molar refractivity (Wildman–Crippen MR) is 30.1 cm³/mol. The van der Waals surface area contributed by atoms with Crippen LogP contribution in [0.5, 0.6) is 0 Å². The molecule has 0 unspecified atom stereocenters. The molecule has 0 saturated carbocycles. The Kier molecular flexibility index (Phi) is 93.5. The van der Waals surface area contributed by atoms with Crippen LogP contribution in [-0.4, -0.2) is 126 Å². The molecule has 0 spiro atoms. The van der Waals surface area contributed by atoms with Gasteiger partial charge < -0.3 is 0 Å². The van der Waals surface area contributed by atoms with E-state index in [9.17, 15) is 0 Å². The first-order valence-corrected chi connectivity index (χ1v) is 0. The van der Waals surface area contributed by atoms with Crippen LogP contribution in [0.3, 0.4) is 0 Å². The van der Waals surface area contributed by atoms with Gasteiger partial charge in [0, 0.05) is 0 Å². The minimum absolute atomic E-state index is 0. The smallest absolute Gasteiger partial charge is 0.316 e. The van der Waals surface area contributed by atoms with Crippen molar-refractivity contribution >= 4 is 138 Å².